The Kier molecular flexibility index (Phi) is 3.35. The molecular formula is C13H18N4O2. The van der Waals surface area contributed by atoms with Gasteiger partial charge in [0.25, 0.3) is 5.91 Å². The lowest BCUT2D eigenvalue weighted by Crippen LogP contribution is -2.62. The minimum absolute atomic E-state index is 0.0796. The summed E-state index contributed by atoms with van der Waals surface area (Å²) in [7, 11) is 0. The van der Waals surface area contributed by atoms with Gasteiger partial charge in [0.05, 0.1) is 0 Å². The van der Waals surface area contributed by atoms with Gasteiger partial charge in [-0.25, -0.2) is 0 Å². The maximum absolute atomic E-state index is 12.2. The van der Waals surface area contributed by atoms with Crippen LogP contribution in [0.1, 0.15) is 10.5 Å². The summed E-state index contributed by atoms with van der Waals surface area (Å²) < 4.78 is 0. The van der Waals surface area contributed by atoms with E-state index in [1.54, 1.807) is 12.1 Å². The normalized spacial score (nSPS) is 21.2. The van der Waals surface area contributed by atoms with Gasteiger partial charge in [-0.15, -0.1) is 0 Å². The van der Waals surface area contributed by atoms with Crippen molar-refractivity contribution >= 4 is 5.91 Å². The van der Waals surface area contributed by atoms with E-state index < -0.39 is 0 Å². The first kappa shape index (κ1) is 12.4. The Bertz CT molecular complexity index is 515. The number of H-pyrrole nitrogens is 1. The molecular weight excluding hydrogens is 244 g/mol. The Labute approximate surface area is 111 Å². The largest absolute Gasteiger partial charge is 0.335 e. The highest BCUT2D eigenvalue weighted by atomic mass is 16.2. The summed E-state index contributed by atoms with van der Waals surface area (Å²) in [5.74, 6) is -0.0796. The van der Waals surface area contributed by atoms with Crippen LogP contribution in [0, 0.1) is 0 Å². The molecule has 6 nitrogen and oxygen atoms in total. The van der Waals surface area contributed by atoms with Crippen LogP contribution in [0.15, 0.2) is 23.0 Å². The summed E-state index contributed by atoms with van der Waals surface area (Å²) in [6, 6.07) is 5.32. The minimum Gasteiger partial charge on any atom is -0.335 e. The third-order valence-electron chi connectivity index (χ3n) is 3.88. The lowest BCUT2D eigenvalue weighted by molar-refractivity contribution is 0.0497. The van der Waals surface area contributed by atoms with Crippen molar-refractivity contribution in [3.63, 3.8) is 0 Å². The molecule has 3 rings (SSSR count). The van der Waals surface area contributed by atoms with Gasteiger partial charge in [-0.2, -0.15) is 0 Å². The highest BCUT2D eigenvalue weighted by molar-refractivity contribution is 5.92. The summed E-state index contributed by atoms with van der Waals surface area (Å²) in [4.78, 5) is 30.3. The van der Waals surface area contributed by atoms with Crippen molar-refractivity contribution in [3.05, 3.63) is 34.2 Å². The van der Waals surface area contributed by atoms with E-state index in [9.17, 15) is 9.59 Å². The SMILES string of the molecule is O=C(c1cccc(=O)[nH]1)N1CCN(C2CNC2)CC1. The summed E-state index contributed by atoms with van der Waals surface area (Å²) in [6.07, 6.45) is 0. The second-order valence-electron chi connectivity index (χ2n) is 5.07. The standard InChI is InChI=1S/C13H18N4O2/c18-12-3-1-2-11(15-12)13(19)17-6-4-16(5-7-17)10-8-14-9-10/h1-3,10,14H,4-9H2,(H,15,18). The Morgan fingerprint density at radius 3 is 2.47 bits per heavy atom. The number of pyridine rings is 1. The van der Waals surface area contributed by atoms with Crippen LogP contribution in [-0.4, -0.2) is 66.0 Å². The molecule has 19 heavy (non-hydrogen) atoms. The molecule has 1 amide bonds. The van der Waals surface area contributed by atoms with Crippen LogP contribution in [0.4, 0.5) is 0 Å². The van der Waals surface area contributed by atoms with Crippen molar-refractivity contribution in [1.82, 2.24) is 20.1 Å². The number of aromatic nitrogens is 1. The van der Waals surface area contributed by atoms with Gasteiger partial charge in [0.1, 0.15) is 5.69 Å². The zero-order valence-electron chi connectivity index (χ0n) is 10.8. The molecule has 0 atom stereocenters. The second kappa shape index (κ2) is 5.14. The molecule has 0 bridgehead atoms. The molecule has 0 aliphatic carbocycles. The fourth-order valence-electron chi connectivity index (χ4n) is 2.56. The first-order chi connectivity index (χ1) is 9.24. The minimum atomic E-state index is -0.231. The van der Waals surface area contributed by atoms with Crippen LogP contribution < -0.4 is 10.9 Å². The topological polar surface area (TPSA) is 68.4 Å². The molecule has 2 fully saturated rings. The van der Waals surface area contributed by atoms with Crippen molar-refractivity contribution in [1.29, 1.82) is 0 Å². The van der Waals surface area contributed by atoms with Gasteiger partial charge in [-0.05, 0) is 6.07 Å². The number of nitrogens with one attached hydrogen (secondary N) is 2. The number of nitrogens with zero attached hydrogens (tertiary/aromatic N) is 2. The second-order valence-corrected chi connectivity index (χ2v) is 5.07. The van der Waals surface area contributed by atoms with Crippen LogP contribution in [0.25, 0.3) is 0 Å². The molecule has 0 spiro atoms. The number of amides is 1. The number of hydrogen-bond acceptors (Lipinski definition) is 4. The van der Waals surface area contributed by atoms with Gasteiger partial charge in [-0.1, -0.05) is 6.07 Å². The highest BCUT2D eigenvalue weighted by Crippen LogP contribution is 2.11. The van der Waals surface area contributed by atoms with Crippen molar-refractivity contribution in [2.45, 2.75) is 6.04 Å². The molecule has 0 aromatic carbocycles. The average Bonchev–Trinajstić information content (AvgIpc) is 2.37. The monoisotopic (exact) mass is 262 g/mol. The third-order valence-corrected chi connectivity index (χ3v) is 3.88. The zero-order valence-corrected chi connectivity index (χ0v) is 10.8. The lowest BCUT2D eigenvalue weighted by Gasteiger charge is -2.43. The molecule has 0 saturated carbocycles. The fourth-order valence-corrected chi connectivity index (χ4v) is 2.56. The van der Waals surface area contributed by atoms with E-state index in [1.165, 1.54) is 6.07 Å². The van der Waals surface area contributed by atoms with Crippen LogP contribution in [0.3, 0.4) is 0 Å². The summed E-state index contributed by atoms with van der Waals surface area (Å²) >= 11 is 0. The van der Waals surface area contributed by atoms with E-state index in [0.29, 0.717) is 11.7 Å². The fraction of sp³-hybridized carbons (Fsp3) is 0.538. The van der Waals surface area contributed by atoms with Crippen LogP contribution >= 0.6 is 0 Å². The van der Waals surface area contributed by atoms with E-state index in [2.05, 4.69) is 15.2 Å². The van der Waals surface area contributed by atoms with Crippen molar-refractivity contribution in [3.8, 4) is 0 Å². The smallest absolute Gasteiger partial charge is 0.270 e. The van der Waals surface area contributed by atoms with Crippen LogP contribution in [0.2, 0.25) is 0 Å². The predicted molar refractivity (Wildman–Crippen MR) is 71.2 cm³/mol. The first-order valence-corrected chi connectivity index (χ1v) is 6.67. The van der Waals surface area contributed by atoms with Gasteiger partial charge in [-0.3, -0.25) is 14.5 Å². The van der Waals surface area contributed by atoms with Crippen molar-refractivity contribution in [2.75, 3.05) is 39.3 Å². The summed E-state index contributed by atoms with van der Waals surface area (Å²) in [6.45, 7) is 5.39. The first-order valence-electron chi connectivity index (χ1n) is 6.67. The number of piperazine rings is 1. The van der Waals surface area contributed by atoms with Gasteiger partial charge in [0.15, 0.2) is 0 Å². The Morgan fingerprint density at radius 1 is 1.16 bits per heavy atom. The maximum atomic E-state index is 12.2. The number of rotatable bonds is 2. The molecule has 2 aliphatic rings. The quantitative estimate of drug-likeness (QED) is 0.725. The van der Waals surface area contributed by atoms with E-state index in [1.807, 2.05) is 4.90 Å². The maximum Gasteiger partial charge on any atom is 0.270 e. The van der Waals surface area contributed by atoms with E-state index in [4.69, 9.17) is 0 Å². The molecule has 2 aliphatic heterocycles. The van der Waals surface area contributed by atoms with Gasteiger partial charge in [0.2, 0.25) is 5.56 Å². The van der Waals surface area contributed by atoms with Gasteiger partial charge in [0, 0.05) is 51.4 Å². The zero-order chi connectivity index (χ0) is 13.2. The Morgan fingerprint density at radius 2 is 1.89 bits per heavy atom. The third kappa shape index (κ3) is 2.54. The number of aromatic amines is 1. The van der Waals surface area contributed by atoms with Crippen molar-refractivity contribution < 1.29 is 4.79 Å². The molecule has 1 aromatic rings. The summed E-state index contributed by atoms with van der Waals surface area (Å²) in [5.41, 5.74) is 0.149. The number of hydrogen-bond donors (Lipinski definition) is 2. The predicted octanol–water partition coefficient (Wildman–Crippen LogP) is -0.895. The highest BCUT2D eigenvalue weighted by Gasteiger charge is 2.29. The van der Waals surface area contributed by atoms with Crippen LogP contribution in [0.5, 0.6) is 0 Å². The summed E-state index contributed by atoms with van der Waals surface area (Å²) in [5, 5.41) is 3.26. The number of carbonyl (C=O) groups excluding carboxylic acids is 1. The molecule has 2 N–H and O–H groups in total. The molecule has 102 valence electrons. The molecule has 1 aromatic heterocycles. The molecule has 0 unspecified atom stereocenters. The molecule has 6 heteroatoms. The van der Waals surface area contributed by atoms with Crippen LogP contribution in [-0.2, 0) is 0 Å². The van der Waals surface area contributed by atoms with E-state index in [-0.39, 0.29) is 11.5 Å². The number of carbonyl (C=O) groups is 1. The van der Waals surface area contributed by atoms with E-state index >= 15 is 0 Å². The van der Waals surface area contributed by atoms with Gasteiger partial charge < -0.3 is 15.2 Å². The molecule has 3 heterocycles. The average molecular weight is 262 g/mol. The van der Waals surface area contributed by atoms with Gasteiger partial charge >= 0.3 is 0 Å². The Balaban J connectivity index is 1.61. The lowest BCUT2D eigenvalue weighted by atomic mass is 10.1. The molecule has 0 radical (unpaired) electrons. The van der Waals surface area contributed by atoms with E-state index in [0.717, 1.165) is 39.3 Å². The Hall–Kier alpha value is -1.66. The molecule has 2 saturated heterocycles. The van der Waals surface area contributed by atoms with Crippen molar-refractivity contribution in [2.24, 2.45) is 0 Å².